The first-order valence-electron chi connectivity index (χ1n) is 11.5. The van der Waals surface area contributed by atoms with Crippen molar-refractivity contribution < 1.29 is 14.4 Å². The Kier molecular flexibility index (Phi) is 5.68. The molecule has 2 aliphatic rings. The number of aryl methyl sites for hydroxylation is 4. The van der Waals surface area contributed by atoms with Gasteiger partial charge in [-0.1, -0.05) is 42.0 Å². The van der Waals surface area contributed by atoms with Gasteiger partial charge in [0.1, 0.15) is 6.54 Å². The largest absolute Gasteiger partial charge is 0.324 e. The van der Waals surface area contributed by atoms with Crippen molar-refractivity contribution >= 4 is 46.5 Å². The SMILES string of the molecule is Cc1cc(C)cc(N2C(=O)CS[C@@]23C(=O)N(CC(=O)Nc2ccc(C)cc2C)c2ccccc23)c1. The van der Waals surface area contributed by atoms with Crippen LogP contribution in [-0.2, 0) is 19.3 Å². The van der Waals surface area contributed by atoms with Crippen molar-refractivity contribution in [3.63, 3.8) is 0 Å². The molecule has 1 saturated heterocycles. The minimum atomic E-state index is -1.23. The first-order valence-corrected chi connectivity index (χ1v) is 12.5. The fourth-order valence-corrected chi connectivity index (χ4v) is 6.44. The lowest BCUT2D eigenvalue weighted by atomic mass is 10.0. The summed E-state index contributed by atoms with van der Waals surface area (Å²) in [4.78, 5) is 42.3. The molecule has 1 N–H and O–H groups in total. The summed E-state index contributed by atoms with van der Waals surface area (Å²) < 4.78 is 0. The number of hydrogen-bond donors (Lipinski definition) is 1. The second kappa shape index (κ2) is 8.57. The highest BCUT2D eigenvalue weighted by atomic mass is 32.2. The zero-order valence-electron chi connectivity index (χ0n) is 20.2. The molecule has 0 bridgehead atoms. The molecule has 7 heteroatoms. The van der Waals surface area contributed by atoms with E-state index in [-0.39, 0.29) is 30.0 Å². The number of carbonyl (C=O) groups is 3. The lowest BCUT2D eigenvalue weighted by Gasteiger charge is -2.33. The molecule has 3 aromatic rings. The maximum atomic E-state index is 14.1. The van der Waals surface area contributed by atoms with Crippen LogP contribution in [0.1, 0.15) is 27.8 Å². The third kappa shape index (κ3) is 3.80. The van der Waals surface area contributed by atoms with Crippen LogP contribution in [0, 0.1) is 27.7 Å². The van der Waals surface area contributed by atoms with Gasteiger partial charge in [0, 0.05) is 16.9 Å². The molecule has 0 aliphatic carbocycles. The highest BCUT2D eigenvalue weighted by Crippen LogP contribution is 2.55. The fraction of sp³-hybridized carbons (Fsp3) is 0.250. The number of benzene rings is 3. The average molecular weight is 486 g/mol. The molecule has 1 fully saturated rings. The van der Waals surface area contributed by atoms with E-state index in [2.05, 4.69) is 5.32 Å². The number of para-hydroxylation sites is 1. The summed E-state index contributed by atoms with van der Waals surface area (Å²) >= 11 is 1.32. The summed E-state index contributed by atoms with van der Waals surface area (Å²) in [5.41, 5.74) is 6.91. The summed E-state index contributed by atoms with van der Waals surface area (Å²) in [5.74, 6) is -0.492. The van der Waals surface area contributed by atoms with Crippen molar-refractivity contribution in [1.82, 2.24) is 0 Å². The van der Waals surface area contributed by atoms with Gasteiger partial charge >= 0.3 is 0 Å². The Bertz CT molecular complexity index is 1370. The van der Waals surface area contributed by atoms with Gasteiger partial charge in [-0.25, -0.2) is 0 Å². The molecule has 0 aromatic heterocycles. The van der Waals surface area contributed by atoms with Crippen molar-refractivity contribution in [2.45, 2.75) is 32.6 Å². The summed E-state index contributed by atoms with van der Waals surface area (Å²) in [7, 11) is 0. The van der Waals surface area contributed by atoms with E-state index in [0.29, 0.717) is 11.4 Å². The zero-order valence-corrected chi connectivity index (χ0v) is 21.0. The van der Waals surface area contributed by atoms with E-state index in [4.69, 9.17) is 0 Å². The minimum absolute atomic E-state index is 0.121. The third-order valence-corrected chi connectivity index (χ3v) is 7.87. The van der Waals surface area contributed by atoms with E-state index in [0.717, 1.165) is 33.5 Å². The van der Waals surface area contributed by atoms with Gasteiger partial charge in [-0.3, -0.25) is 24.2 Å². The quantitative estimate of drug-likeness (QED) is 0.574. The molecule has 2 heterocycles. The molecule has 178 valence electrons. The Morgan fingerprint density at radius 2 is 1.66 bits per heavy atom. The minimum Gasteiger partial charge on any atom is -0.324 e. The Balaban J connectivity index is 1.53. The maximum Gasteiger partial charge on any atom is 0.269 e. The molecule has 1 atom stereocenters. The molecule has 6 nitrogen and oxygen atoms in total. The average Bonchev–Trinajstić information content (AvgIpc) is 3.26. The summed E-state index contributed by atoms with van der Waals surface area (Å²) in [6, 6.07) is 19.2. The van der Waals surface area contributed by atoms with E-state index >= 15 is 0 Å². The van der Waals surface area contributed by atoms with Gasteiger partial charge in [0.25, 0.3) is 5.91 Å². The van der Waals surface area contributed by atoms with Gasteiger partial charge in [-0.05, 0) is 68.7 Å². The van der Waals surface area contributed by atoms with Crippen LogP contribution in [0.2, 0.25) is 0 Å². The third-order valence-electron chi connectivity index (χ3n) is 6.49. The monoisotopic (exact) mass is 485 g/mol. The number of hydrogen-bond acceptors (Lipinski definition) is 4. The normalized spacial score (nSPS) is 19.0. The lowest BCUT2D eigenvalue weighted by molar-refractivity contribution is -0.124. The van der Waals surface area contributed by atoms with Crippen molar-refractivity contribution in [2.75, 3.05) is 27.4 Å². The smallest absolute Gasteiger partial charge is 0.269 e. The van der Waals surface area contributed by atoms with Gasteiger partial charge in [0.2, 0.25) is 16.7 Å². The van der Waals surface area contributed by atoms with Crippen molar-refractivity contribution in [3.05, 3.63) is 88.5 Å². The Hall–Kier alpha value is -3.58. The van der Waals surface area contributed by atoms with Crippen LogP contribution in [-0.4, -0.2) is 30.0 Å². The number of nitrogens with zero attached hydrogens (tertiary/aromatic N) is 2. The standard InChI is InChI=1S/C28H27N3O3S/c1-17-9-10-23(20(4)12-17)29-25(32)15-30-24-8-6-5-7-22(24)28(27(30)34)31(26(33)16-35-28)21-13-18(2)11-19(3)14-21/h5-14H,15-16H2,1-4H3,(H,29,32)/t28-/m0/s1. The molecule has 3 aromatic carbocycles. The molecular weight excluding hydrogens is 458 g/mol. The van der Waals surface area contributed by atoms with Crippen LogP contribution in [0.5, 0.6) is 0 Å². The number of fused-ring (bicyclic) bond motifs is 2. The number of amides is 3. The van der Waals surface area contributed by atoms with Crippen LogP contribution in [0.4, 0.5) is 17.1 Å². The van der Waals surface area contributed by atoms with E-state index in [1.807, 2.05) is 88.4 Å². The summed E-state index contributed by atoms with van der Waals surface area (Å²) in [6.45, 7) is 7.76. The molecule has 5 rings (SSSR count). The zero-order chi connectivity index (χ0) is 24.9. The number of rotatable bonds is 4. The van der Waals surface area contributed by atoms with Crippen molar-refractivity contribution in [1.29, 1.82) is 0 Å². The predicted octanol–water partition coefficient (Wildman–Crippen LogP) is 4.84. The van der Waals surface area contributed by atoms with E-state index in [1.54, 1.807) is 4.90 Å². The Labute approximate surface area is 209 Å². The Morgan fingerprint density at radius 1 is 0.943 bits per heavy atom. The first kappa shape index (κ1) is 23.2. The lowest BCUT2D eigenvalue weighted by Crippen LogP contribution is -2.51. The predicted molar refractivity (Wildman–Crippen MR) is 141 cm³/mol. The van der Waals surface area contributed by atoms with Crippen LogP contribution in [0.15, 0.2) is 60.7 Å². The van der Waals surface area contributed by atoms with Crippen LogP contribution in [0.3, 0.4) is 0 Å². The molecule has 1 spiro atoms. The van der Waals surface area contributed by atoms with Crippen LogP contribution >= 0.6 is 11.8 Å². The first-order chi connectivity index (χ1) is 16.7. The fourth-order valence-electron chi connectivity index (χ4n) is 5.08. The summed E-state index contributed by atoms with van der Waals surface area (Å²) in [6.07, 6.45) is 0. The van der Waals surface area contributed by atoms with Crippen molar-refractivity contribution in [2.24, 2.45) is 0 Å². The van der Waals surface area contributed by atoms with E-state index in [1.165, 1.54) is 16.7 Å². The summed E-state index contributed by atoms with van der Waals surface area (Å²) in [5, 5.41) is 2.94. The molecular formula is C28H27N3O3S. The van der Waals surface area contributed by atoms with Gasteiger partial charge in [0.15, 0.2) is 0 Å². The number of anilines is 3. The number of carbonyl (C=O) groups excluding carboxylic acids is 3. The highest BCUT2D eigenvalue weighted by Gasteiger charge is 2.61. The van der Waals surface area contributed by atoms with Gasteiger partial charge in [-0.2, -0.15) is 0 Å². The molecule has 35 heavy (non-hydrogen) atoms. The Morgan fingerprint density at radius 3 is 2.37 bits per heavy atom. The molecule has 0 radical (unpaired) electrons. The van der Waals surface area contributed by atoms with Gasteiger partial charge in [0.05, 0.1) is 11.4 Å². The molecule has 0 unspecified atom stereocenters. The number of thioether (sulfide) groups is 1. The molecule has 0 saturated carbocycles. The molecule has 2 aliphatic heterocycles. The van der Waals surface area contributed by atoms with E-state index < -0.39 is 4.87 Å². The van der Waals surface area contributed by atoms with Gasteiger partial charge < -0.3 is 5.32 Å². The topological polar surface area (TPSA) is 69.7 Å². The highest BCUT2D eigenvalue weighted by molar-refractivity contribution is 8.02. The van der Waals surface area contributed by atoms with Crippen molar-refractivity contribution in [3.8, 4) is 0 Å². The second-order valence-corrected chi connectivity index (χ2v) is 10.5. The maximum absolute atomic E-state index is 14.1. The van der Waals surface area contributed by atoms with Gasteiger partial charge in [-0.15, -0.1) is 11.8 Å². The van der Waals surface area contributed by atoms with Crippen LogP contribution < -0.4 is 15.1 Å². The number of nitrogens with one attached hydrogen (secondary N) is 1. The second-order valence-electron chi connectivity index (χ2n) is 9.28. The van der Waals surface area contributed by atoms with E-state index in [9.17, 15) is 14.4 Å². The molecule has 3 amide bonds. The van der Waals surface area contributed by atoms with Crippen LogP contribution in [0.25, 0.3) is 0 Å².